The summed E-state index contributed by atoms with van der Waals surface area (Å²) in [6, 6.07) is 19.9. The summed E-state index contributed by atoms with van der Waals surface area (Å²) in [5, 5.41) is 5.65. The molecule has 0 spiro atoms. The highest BCUT2D eigenvalue weighted by Crippen LogP contribution is 2.34. The lowest BCUT2D eigenvalue weighted by Gasteiger charge is -2.29. The van der Waals surface area contributed by atoms with Crippen LogP contribution in [0, 0.1) is 0 Å². The van der Waals surface area contributed by atoms with Gasteiger partial charge >= 0.3 is 6.03 Å². The van der Waals surface area contributed by atoms with Gasteiger partial charge in [0, 0.05) is 24.3 Å². The van der Waals surface area contributed by atoms with Crippen LogP contribution in [-0.2, 0) is 13.0 Å². The molecule has 4 rings (SSSR count). The number of amides is 3. The molecule has 0 fully saturated rings. The van der Waals surface area contributed by atoms with Gasteiger partial charge in [-0.05, 0) is 53.9 Å². The maximum absolute atomic E-state index is 12.8. The lowest BCUT2D eigenvalue weighted by molar-refractivity contribution is 0.0734. The standard InChI is InChI=1S/C25H25N3O4/c1-31-22-10-6-9-21(23(22)32-2)27-25(30)26-20-12-11-17-13-14-28(16-19(17)15-20)24(29)18-7-4-3-5-8-18/h3-12,15H,13-14,16H2,1-2H3,(H2,26,27,30). The molecular formula is C25H25N3O4. The monoisotopic (exact) mass is 431 g/mol. The third kappa shape index (κ3) is 4.51. The Balaban J connectivity index is 1.46. The zero-order valence-electron chi connectivity index (χ0n) is 18.1. The minimum atomic E-state index is -0.399. The van der Waals surface area contributed by atoms with Gasteiger partial charge in [0.2, 0.25) is 0 Å². The van der Waals surface area contributed by atoms with Gasteiger partial charge in [-0.1, -0.05) is 30.3 Å². The van der Waals surface area contributed by atoms with Crippen molar-refractivity contribution in [3.8, 4) is 11.5 Å². The number of urea groups is 1. The lowest BCUT2D eigenvalue weighted by Crippen LogP contribution is -2.36. The van der Waals surface area contributed by atoms with Crippen molar-refractivity contribution in [2.45, 2.75) is 13.0 Å². The third-order valence-electron chi connectivity index (χ3n) is 5.44. The normalized spacial score (nSPS) is 12.5. The number of hydrogen-bond acceptors (Lipinski definition) is 4. The van der Waals surface area contributed by atoms with Crippen molar-refractivity contribution in [1.82, 2.24) is 4.90 Å². The number of benzene rings is 3. The van der Waals surface area contributed by atoms with Crippen LogP contribution >= 0.6 is 0 Å². The Kier molecular flexibility index (Phi) is 6.26. The number of ether oxygens (including phenoxy) is 2. The van der Waals surface area contributed by atoms with Gasteiger partial charge in [-0.3, -0.25) is 4.79 Å². The molecule has 32 heavy (non-hydrogen) atoms. The van der Waals surface area contributed by atoms with Gasteiger partial charge < -0.3 is 25.0 Å². The summed E-state index contributed by atoms with van der Waals surface area (Å²) in [7, 11) is 3.06. The molecule has 0 bridgehead atoms. The molecule has 0 saturated heterocycles. The van der Waals surface area contributed by atoms with E-state index >= 15 is 0 Å². The Hall–Kier alpha value is -4.00. The molecule has 1 aliphatic heterocycles. The summed E-state index contributed by atoms with van der Waals surface area (Å²) in [6.45, 7) is 1.17. The van der Waals surface area contributed by atoms with E-state index in [1.165, 1.54) is 12.7 Å². The Morgan fingerprint density at radius 3 is 2.44 bits per heavy atom. The first-order valence-electron chi connectivity index (χ1n) is 10.3. The molecule has 3 amide bonds. The van der Waals surface area contributed by atoms with Crippen molar-refractivity contribution in [1.29, 1.82) is 0 Å². The van der Waals surface area contributed by atoms with Crippen molar-refractivity contribution in [3.63, 3.8) is 0 Å². The lowest BCUT2D eigenvalue weighted by atomic mass is 9.98. The van der Waals surface area contributed by atoms with Crippen LogP contribution < -0.4 is 20.1 Å². The van der Waals surface area contributed by atoms with E-state index in [-0.39, 0.29) is 5.91 Å². The summed E-state index contributed by atoms with van der Waals surface area (Å²) < 4.78 is 10.6. The molecule has 0 atom stereocenters. The molecule has 7 heteroatoms. The van der Waals surface area contributed by atoms with Crippen LogP contribution in [0.2, 0.25) is 0 Å². The van der Waals surface area contributed by atoms with E-state index in [4.69, 9.17) is 9.47 Å². The highest BCUT2D eigenvalue weighted by Gasteiger charge is 2.22. The first-order valence-corrected chi connectivity index (χ1v) is 10.3. The molecule has 0 saturated carbocycles. The van der Waals surface area contributed by atoms with E-state index in [9.17, 15) is 9.59 Å². The van der Waals surface area contributed by atoms with Crippen molar-refractivity contribution >= 4 is 23.3 Å². The SMILES string of the molecule is COc1cccc(NC(=O)Nc2ccc3c(c2)CN(C(=O)c2ccccc2)CC3)c1OC. The van der Waals surface area contributed by atoms with Crippen LogP contribution in [0.4, 0.5) is 16.2 Å². The van der Waals surface area contributed by atoms with E-state index in [0.717, 1.165) is 12.0 Å². The maximum Gasteiger partial charge on any atom is 0.323 e. The molecule has 0 radical (unpaired) electrons. The van der Waals surface area contributed by atoms with Gasteiger partial charge in [0.1, 0.15) is 0 Å². The van der Waals surface area contributed by atoms with Crippen LogP contribution in [0.3, 0.4) is 0 Å². The Bertz CT molecular complexity index is 1130. The van der Waals surface area contributed by atoms with E-state index in [0.29, 0.717) is 41.5 Å². The second-order valence-corrected chi connectivity index (χ2v) is 7.45. The largest absolute Gasteiger partial charge is 0.493 e. The Morgan fingerprint density at radius 2 is 1.69 bits per heavy atom. The van der Waals surface area contributed by atoms with Crippen LogP contribution in [-0.4, -0.2) is 37.6 Å². The van der Waals surface area contributed by atoms with Gasteiger partial charge in [0.15, 0.2) is 11.5 Å². The van der Waals surface area contributed by atoms with Crippen molar-refractivity contribution in [2.24, 2.45) is 0 Å². The Labute approximate surface area is 187 Å². The van der Waals surface area contributed by atoms with Crippen molar-refractivity contribution in [2.75, 3.05) is 31.4 Å². The topological polar surface area (TPSA) is 79.9 Å². The number of hydrogen-bond donors (Lipinski definition) is 2. The fourth-order valence-corrected chi connectivity index (χ4v) is 3.84. The zero-order valence-corrected chi connectivity index (χ0v) is 18.1. The van der Waals surface area contributed by atoms with Crippen molar-refractivity contribution in [3.05, 3.63) is 83.4 Å². The quantitative estimate of drug-likeness (QED) is 0.621. The molecule has 1 aliphatic rings. The molecule has 1 heterocycles. The number of nitrogens with one attached hydrogen (secondary N) is 2. The number of fused-ring (bicyclic) bond motifs is 1. The van der Waals surface area contributed by atoms with Crippen LogP contribution in [0.15, 0.2) is 66.7 Å². The molecule has 3 aromatic carbocycles. The second kappa shape index (κ2) is 9.43. The summed E-state index contributed by atoms with van der Waals surface area (Å²) in [6.07, 6.45) is 0.779. The average molecular weight is 431 g/mol. The molecule has 2 N–H and O–H groups in total. The number of anilines is 2. The maximum atomic E-state index is 12.8. The fourth-order valence-electron chi connectivity index (χ4n) is 3.84. The molecule has 164 valence electrons. The number of methoxy groups -OCH3 is 2. The summed E-state index contributed by atoms with van der Waals surface area (Å²) >= 11 is 0. The predicted molar refractivity (Wildman–Crippen MR) is 124 cm³/mol. The summed E-state index contributed by atoms with van der Waals surface area (Å²) in [4.78, 5) is 27.2. The molecule has 3 aromatic rings. The molecule has 0 aliphatic carbocycles. The van der Waals surface area contributed by atoms with Crippen LogP contribution in [0.1, 0.15) is 21.5 Å². The van der Waals surface area contributed by atoms with Gasteiger partial charge in [-0.15, -0.1) is 0 Å². The number of rotatable bonds is 5. The van der Waals surface area contributed by atoms with Gasteiger partial charge in [0.25, 0.3) is 5.91 Å². The summed E-state index contributed by atoms with van der Waals surface area (Å²) in [5.41, 5.74) is 4.04. The zero-order chi connectivity index (χ0) is 22.5. The van der Waals surface area contributed by atoms with E-state index in [2.05, 4.69) is 10.6 Å². The van der Waals surface area contributed by atoms with Gasteiger partial charge in [-0.2, -0.15) is 0 Å². The van der Waals surface area contributed by atoms with Crippen molar-refractivity contribution < 1.29 is 19.1 Å². The summed E-state index contributed by atoms with van der Waals surface area (Å²) in [5.74, 6) is 0.991. The number of nitrogens with zero attached hydrogens (tertiary/aromatic N) is 1. The number of para-hydroxylation sites is 1. The van der Waals surface area contributed by atoms with Crippen LogP contribution in [0.25, 0.3) is 0 Å². The predicted octanol–water partition coefficient (Wildman–Crippen LogP) is 4.55. The average Bonchev–Trinajstić information content (AvgIpc) is 2.83. The number of carbonyl (C=O) groups is 2. The highest BCUT2D eigenvalue weighted by molar-refractivity contribution is 6.01. The van der Waals surface area contributed by atoms with E-state index in [1.54, 1.807) is 25.3 Å². The van der Waals surface area contributed by atoms with Gasteiger partial charge in [-0.25, -0.2) is 4.79 Å². The Morgan fingerprint density at radius 1 is 0.875 bits per heavy atom. The molecule has 7 nitrogen and oxygen atoms in total. The van der Waals surface area contributed by atoms with Gasteiger partial charge in [0.05, 0.1) is 19.9 Å². The molecule has 0 unspecified atom stereocenters. The smallest absolute Gasteiger partial charge is 0.323 e. The third-order valence-corrected chi connectivity index (χ3v) is 5.44. The number of carbonyl (C=O) groups excluding carboxylic acids is 2. The minimum absolute atomic E-state index is 0.0116. The fraction of sp³-hybridized carbons (Fsp3) is 0.200. The second-order valence-electron chi connectivity index (χ2n) is 7.45. The van der Waals surface area contributed by atoms with Crippen LogP contribution in [0.5, 0.6) is 11.5 Å². The highest BCUT2D eigenvalue weighted by atomic mass is 16.5. The van der Waals surface area contributed by atoms with E-state index < -0.39 is 6.03 Å². The first-order chi connectivity index (χ1) is 15.6. The first kappa shape index (κ1) is 21.2. The molecular weight excluding hydrogens is 406 g/mol. The van der Waals surface area contributed by atoms with E-state index in [1.807, 2.05) is 53.4 Å². The molecule has 0 aromatic heterocycles. The minimum Gasteiger partial charge on any atom is -0.493 e.